The number of carbonyl (C=O) groups excluding carboxylic acids is 4. The Morgan fingerprint density at radius 3 is 2.16 bits per heavy atom. The summed E-state index contributed by atoms with van der Waals surface area (Å²) in [6.07, 6.45) is 1.41. The van der Waals surface area contributed by atoms with Gasteiger partial charge in [0.05, 0.1) is 11.7 Å². The first kappa shape index (κ1) is 34.6. The number of benzene rings is 4. The molecule has 1 aromatic heterocycles. The SMILES string of the molecule is CC(C)CC(NC(=O)OCc1ccccc1)C(=O)NC(CCc1ccccc1)C(=O)c1nc(C(=O)N(C)c2cccc3ccccc23)co1. The van der Waals surface area contributed by atoms with Crippen LogP contribution in [0.4, 0.5) is 10.5 Å². The van der Waals surface area contributed by atoms with Gasteiger partial charge in [-0.2, -0.15) is 0 Å². The Morgan fingerprint density at radius 2 is 1.45 bits per heavy atom. The average molecular weight is 661 g/mol. The lowest BCUT2D eigenvalue weighted by atomic mass is 9.99. The minimum absolute atomic E-state index is 0.0434. The maximum absolute atomic E-state index is 13.9. The third-order valence-corrected chi connectivity index (χ3v) is 8.09. The summed E-state index contributed by atoms with van der Waals surface area (Å²) in [6, 6.07) is 30.1. The van der Waals surface area contributed by atoms with Crippen molar-refractivity contribution in [2.75, 3.05) is 11.9 Å². The number of hydrogen-bond donors (Lipinski definition) is 2. The number of alkyl carbamates (subject to hydrolysis) is 1. The zero-order chi connectivity index (χ0) is 34.8. The Hall–Kier alpha value is -5.77. The van der Waals surface area contributed by atoms with E-state index in [-0.39, 0.29) is 30.5 Å². The molecule has 0 spiro atoms. The summed E-state index contributed by atoms with van der Waals surface area (Å²) in [7, 11) is 1.63. The number of amides is 3. The number of fused-ring (bicyclic) bond motifs is 1. The van der Waals surface area contributed by atoms with Crippen molar-refractivity contribution in [2.24, 2.45) is 5.92 Å². The van der Waals surface area contributed by atoms with Crippen LogP contribution in [0.15, 0.2) is 114 Å². The molecule has 0 fully saturated rings. The van der Waals surface area contributed by atoms with Crippen molar-refractivity contribution in [2.45, 2.75) is 51.8 Å². The quantitative estimate of drug-likeness (QED) is 0.126. The van der Waals surface area contributed by atoms with Crippen molar-refractivity contribution in [3.63, 3.8) is 0 Å². The van der Waals surface area contributed by atoms with E-state index in [1.807, 2.05) is 117 Å². The number of anilines is 1. The molecule has 0 aliphatic carbocycles. The van der Waals surface area contributed by atoms with Crippen molar-refractivity contribution in [3.8, 4) is 0 Å². The summed E-state index contributed by atoms with van der Waals surface area (Å²) in [5.74, 6) is -1.85. The van der Waals surface area contributed by atoms with Gasteiger partial charge >= 0.3 is 6.09 Å². The van der Waals surface area contributed by atoms with Crippen LogP contribution in [0.3, 0.4) is 0 Å². The monoisotopic (exact) mass is 660 g/mol. The highest BCUT2D eigenvalue weighted by Crippen LogP contribution is 2.27. The second-order valence-electron chi connectivity index (χ2n) is 12.2. The van der Waals surface area contributed by atoms with E-state index < -0.39 is 35.8 Å². The summed E-state index contributed by atoms with van der Waals surface area (Å²) in [6.45, 7) is 3.90. The van der Waals surface area contributed by atoms with E-state index in [4.69, 9.17) is 9.15 Å². The normalized spacial score (nSPS) is 12.2. The minimum atomic E-state index is -1.05. The number of nitrogens with zero attached hydrogens (tertiary/aromatic N) is 2. The second-order valence-corrected chi connectivity index (χ2v) is 12.2. The fraction of sp³-hybridized carbons (Fsp3) is 0.256. The molecule has 252 valence electrons. The third kappa shape index (κ3) is 9.19. The molecule has 2 unspecified atom stereocenters. The highest BCUT2D eigenvalue weighted by molar-refractivity contribution is 6.10. The fourth-order valence-corrected chi connectivity index (χ4v) is 5.52. The number of oxazole rings is 1. The number of Topliss-reactive ketones (excluding diaryl/α,β-unsaturated/α-hetero) is 1. The first-order chi connectivity index (χ1) is 23.7. The second kappa shape index (κ2) is 16.4. The number of carbonyl (C=O) groups is 4. The highest BCUT2D eigenvalue weighted by Gasteiger charge is 2.31. The van der Waals surface area contributed by atoms with Gasteiger partial charge < -0.3 is 24.7 Å². The van der Waals surface area contributed by atoms with Gasteiger partial charge in [-0.1, -0.05) is 111 Å². The topological polar surface area (TPSA) is 131 Å². The van der Waals surface area contributed by atoms with Crippen molar-refractivity contribution < 1.29 is 28.3 Å². The maximum atomic E-state index is 13.9. The predicted molar refractivity (Wildman–Crippen MR) is 187 cm³/mol. The molecular weight excluding hydrogens is 620 g/mol. The van der Waals surface area contributed by atoms with E-state index in [1.54, 1.807) is 7.05 Å². The molecule has 0 bridgehead atoms. The first-order valence-electron chi connectivity index (χ1n) is 16.3. The van der Waals surface area contributed by atoms with E-state index in [9.17, 15) is 19.2 Å². The van der Waals surface area contributed by atoms with Crippen molar-refractivity contribution in [1.29, 1.82) is 0 Å². The summed E-state index contributed by atoms with van der Waals surface area (Å²) in [5.41, 5.74) is 2.41. The van der Waals surface area contributed by atoms with Gasteiger partial charge in [-0.05, 0) is 47.8 Å². The van der Waals surface area contributed by atoms with Gasteiger partial charge in [0.2, 0.25) is 11.7 Å². The first-order valence-corrected chi connectivity index (χ1v) is 16.3. The van der Waals surface area contributed by atoms with Crippen LogP contribution >= 0.6 is 0 Å². The fourth-order valence-electron chi connectivity index (χ4n) is 5.52. The van der Waals surface area contributed by atoms with Crippen LogP contribution in [0.1, 0.15) is 59.0 Å². The molecular formula is C39H40N4O6. The summed E-state index contributed by atoms with van der Waals surface area (Å²) >= 11 is 0. The molecule has 49 heavy (non-hydrogen) atoms. The van der Waals surface area contributed by atoms with E-state index in [0.717, 1.165) is 28.2 Å². The zero-order valence-corrected chi connectivity index (χ0v) is 27.8. The Kier molecular flexibility index (Phi) is 11.5. The molecule has 0 saturated heterocycles. The number of aromatic nitrogens is 1. The Labute approximate surface area is 285 Å². The summed E-state index contributed by atoms with van der Waals surface area (Å²) in [4.78, 5) is 59.5. The third-order valence-electron chi connectivity index (χ3n) is 8.09. The smallest absolute Gasteiger partial charge is 0.408 e. The van der Waals surface area contributed by atoms with Crippen molar-refractivity contribution >= 4 is 40.2 Å². The standard InChI is InChI=1S/C39H40N4O6/c1-26(2)23-32(42-39(47)49-24-28-15-8-5-9-16-28)36(45)40-31(22-21-27-13-6-4-7-14-27)35(44)37-41-33(25-48-37)38(46)43(3)34-20-12-18-29-17-10-11-19-30(29)34/h4-20,25-26,31-32H,21-24H2,1-3H3,(H,40,45)(H,42,47). The van der Waals surface area contributed by atoms with Crippen LogP contribution in [0, 0.1) is 5.92 Å². The van der Waals surface area contributed by atoms with Gasteiger partial charge in [0.1, 0.15) is 18.9 Å². The van der Waals surface area contributed by atoms with Gasteiger partial charge in [-0.25, -0.2) is 9.78 Å². The Bertz CT molecular complexity index is 1880. The van der Waals surface area contributed by atoms with Gasteiger partial charge in [-0.3, -0.25) is 14.4 Å². The molecule has 0 aliphatic heterocycles. The zero-order valence-electron chi connectivity index (χ0n) is 27.8. The molecule has 10 heteroatoms. The summed E-state index contributed by atoms with van der Waals surface area (Å²) < 4.78 is 10.9. The Balaban J connectivity index is 1.32. The number of nitrogens with one attached hydrogen (secondary N) is 2. The van der Waals surface area contributed by atoms with E-state index in [1.165, 1.54) is 4.90 Å². The molecule has 2 atom stereocenters. The van der Waals surface area contributed by atoms with Crippen LogP contribution in [-0.2, 0) is 22.6 Å². The predicted octanol–water partition coefficient (Wildman–Crippen LogP) is 6.75. The number of ketones is 1. The van der Waals surface area contributed by atoms with Gasteiger partial charge in [-0.15, -0.1) is 0 Å². The van der Waals surface area contributed by atoms with Crippen LogP contribution < -0.4 is 15.5 Å². The van der Waals surface area contributed by atoms with Crippen molar-refractivity contribution in [1.82, 2.24) is 15.6 Å². The van der Waals surface area contributed by atoms with E-state index in [2.05, 4.69) is 15.6 Å². The number of hydrogen-bond acceptors (Lipinski definition) is 7. The minimum Gasteiger partial charge on any atom is -0.445 e. The average Bonchev–Trinajstić information content (AvgIpc) is 3.62. The molecule has 5 aromatic rings. The molecule has 3 amide bonds. The molecule has 4 aromatic carbocycles. The van der Waals surface area contributed by atoms with E-state index >= 15 is 0 Å². The van der Waals surface area contributed by atoms with Crippen molar-refractivity contribution in [3.05, 3.63) is 132 Å². The number of rotatable bonds is 14. The molecule has 0 saturated carbocycles. The van der Waals surface area contributed by atoms with E-state index in [0.29, 0.717) is 18.5 Å². The lowest BCUT2D eigenvalue weighted by molar-refractivity contribution is -0.124. The molecule has 1 heterocycles. The molecule has 10 nitrogen and oxygen atoms in total. The molecule has 2 N–H and O–H groups in total. The summed E-state index contributed by atoms with van der Waals surface area (Å²) in [5, 5.41) is 7.35. The maximum Gasteiger partial charge on any atom is 0.408 e. The van der Waals surface area contributed by atoms with Crippen LogP contribution in [0.2, 0.25) is 0 Å². The number of ether oxygens (including phenoxy) is 1. The number of aryl methyl sites for hydroxylation is 1. The largest absolute Gasteiger partial charge is 0.445 e. The highest BCUT2D eigenvalue weighted by atomic mass is 16.5. The molecule has 5 rings (SSSR count). The molecule has 0 aliphatic rings. The Morgan fingerprint density at radius 1 is 0.796 bits per heavy atom. The van der Waals surface area contributed by atoms with Crippen LogP contribution in [0.25, 0.3) is 10.8 Å². The van der Waals surface area contributed by atoms with Crippen LogP contribution in [0.5, 0.6) is 0 Å². The lowest BCUT2D eigenvalue weighted by Crippen LogP contribution is -2.52. The molecule has 0 radical (unpaired) electrons. The van der Waals surface area contributed by atoms with Gasteiger partial charge in [0.25, 0.3) is 11.8 Å². The lowest BCUT2D eigenvalue weighted by Gasteiger charge is -2.23. The van der Waals surface area contributed by atoms with Crippen LogP contribution in [-0.4, -0.2) is 47.8 Å². The van der Waals surface area contributed by atoms with Gasteiger partial charge in [0, 0.05) is 12.4 Å². The van der Waals surface area contributed by atoms with Gasteiger partial charge in [0.15, 0.2) is 5.69 Å².